The van der Waals surface area contributed by atoms with Gasteiger partial charge in [0.15, 0.2) is 0 Å². The van der Waals surface area contributed by atoms with Gasteiger partial charge in [0.1, 0.15) is 0 Å². The van der Waals surface area contributed by atoms with Crippen LogP contribution in [-0.2, 0) is 0 Å². The highest BCUT2D eigenvalue weighted by Gasteiger charge is 2.13. The van der Waals surface area contributed by atoms with Gasteiger partial charge in [-0.1, -0.05) is 137 Å². The molecule has 0 nitrogen and oxygen atoms in total. The third kappa shape index (κ3) is 18.2. The Kier molecular flexibility index (Phi) is 16.8. The standard InChI is InChI=1S/C23H48/c1-5-7-8-9-10-11-12-13-14-15-16-17-18-19-20-21-22-23(3,4)6-2/h5-22H2,1-4H3. The molecule has 0 heterocycles. The van der Waals surface area contributed by atoms with E-state index in [1.807, 2.05) is 0 Å². The minimum Gasteiger partial charge on any atom is -0.0654 e. The third-order valence-corrected chi connectivity index (χ3v) is 5.66. The molecule has 0 bridgehead atoms. The summed E-state index contributed by atoms with van der Waals surface area (Å²) in [6.45, 7) is 9.45. The monoisotopic (exact) mass is 324 g/mol. The number of unbranched alkanes of at least 4 members (excludes halogenated alkanes) is 15. The zero-order chi connectivity index (χ0) is 17.2. The van der Waals surface area contributed by atoms with Crippen molar-refractivity contribution >= 4 is 0 Å². The van der Waals surface area contributed by atoms with Gasteiger partial charge in [0.05, 0.1) is 0 Å². The van der Waals surface area contributed by atoms with Gasteiger partial charge in [0.2, 0.25) is 0 Å². The number of hydrogen-bond acceptors (Lipinski definition) is 0. The van der Waals surface area contributed by atoms with E-state index in [4.69, 9.17) is 0 Å². The zero-order valence-electron chi connectivity index (χ0n) is 17.2. The first kappa shape index (κ1) is 23.0. The Morgan fingerprint density at radius 2 is 0.739 bits per heavy atom. The SMILES string of the molecule is CCCCCCCCCCCCCCCCCCC(C)(C)CC. The summed E-state index contributed by atoms with van der Waals surface area (Å²) >= 11 is 0. The second-order valence-corrected chi connectivity index (χ2v) is 8.57. The first-order chi connectivity index (χ1) is 11.1. The summed E-state index contributed by atoms with van der Waals surface area (Å²) in [5.74, 6) is 0. The smallest absolute Gasteiger partial charge is 0.0357 e. The Bertz CT molecular complexity index is 216. The minimum atomic E-state index is 0.579. The van der Waals surface area contributed by atoms with Crippen LogP contribution in [0.5, 0.6) is 0 Å². The molecule has 0 saturated heterocycles. The molecular formula is C23H48. The molecule has 0 fully saturated rings. The van der Waals surface area contributed by atoms with Crippen molar-refractivity contribution in [2.75, 3.05) is 0 Å². The Hall–Kier alpha value is 0. The van der Waals surface area contributed by atoms with Crippen molar-refractivity contribution in [3.63, 3.8) is 0 Å². The third-order valence-electron chi connectivity index (χ3n) is 5.66. The van der Waals surface area contributed by atoms with Crippen LogP contribution in [-0.4, -0.2) is 0 Å². The quantitative estimate of drug-likeness (QED) is 0.220. The molecule has 0 atom stereocenters. The lowest BCUT2D eigenvalue weighted by Gasteiger charge is -2.22. The summed E-state index contributed by atoms with van der Waals surface area (Å²) in [6.07, 6.45) is 26.2. The van der Waals surface area contributed by atoms with Crippen LogP contribution in [0.4, 0.5) is 0 Å². The lowest BCUT2D eigenvalue weighted by atomic mass is 9.84. The van der Waals surface area contributed by atoms with Crippen molar-refractivity contribution in [2.45, 2.75) is 143 Å². The maximum absolute atomic E-state index is 2.41. The highest BCUT2D eigenvalue weighted by molar-refractivity contribution is 4.65. The predicted octanol–water partition coefficient (Wildman–Crippen LogP) is 9.07. The van der Waals surface area contributed by atoms with E-state index in [1.54, 1.807) is 0 Å². The molecule has 0 spiro atoms. The minimum absolute atomic E-state index is 0.579. The van der Waals surface area contributed by atoms with Crippen LogP contribution in [0.25, 0.3) is 0 Å². The molecule has 0 N–H and O–H groups in total. The molecule has 23 heavy (non-hydrogen) atoms. The van der Waals surface area contributed by atoms with Crippen LogP contribution < -0.4 is 0 Å². The van der Waals surface area contributed by atoms with E-state index < -0.39 is 0 Å². The lowest BCUT2D eigenvalue weighted by Crippen LogP contribution is -2.08. The second kappa shape index (κ2) is 16.8. The average molecular weight is 325 g/mol. The lowest BCUT2D eigenvalue weighted by molar-refractivity contribution is 0.307. The summed E-state index contributed by atoms with van der Waals surface area (Å²) in [7, 11) is 0. The summed E-state index contributed by atoms with van der Waals surface area (Å²) < 4.78 is 0. The molecule has 0 rings (SSSR count). The Morgan fingerprint density at radius 1 is 0.435 bits per heavy atom. The van der Waals surface area contributed by atoms with Crippen molar-refractivity contribution in [2.24, 2.45) is 5.41 Å². The molecule has 0 aliphatic heterocycles. The molecule has 140 valence electrons. The van der Waals surface area contributed by atoms with E-state index >= 15 is 0 Å². The van der Waals surface area contributed by atoms with Gasteiger partial charge in [-0.25, -0.2) is 0 Å². The Morgan fingerprint density at radius 3 is 1.04 bits per heavy atom. The van der Waals surface area contributed by atoms with E-state index in [2.05, 4.69) is 27.7 Å². The Labute approximate surface area is 149 Å². The predicted molar refractivity (Wildman–Crippen MR) is 108 cm³/mol. The summed E-state index contributed by atoms with van der Waals surface area (Å²) in [5, 5.41) is 0. The average Bonchev–Trinajstić information content (AvgIpc) is 2.54. The van der Waals surface area contributed by atoms with E-state index in [0.29, 0.717) is 5.41 Å². The molecule has 0 aromatic rings. The van der Waals surface area contributed by atoms with Crippen molar-refractivity contribution in [1.29, 1.82) is 0 Å². The van der Waals surface area contributed by atoms with Gasteiger partial charge < -0.3 is 0 Å². The van der Waals surface area contributed by atoms with Crippen LogP contribution in [0.1, 0.15) is 143 Å². The molecule has 0 unspecified atom stereocenters. The molecule has 0 radical (unpaired) electrons. The fraction of sp³-hybridized carbons (Fsp3) is 1.00. The van der Waals surface area contributed by atoms with E-state index in [9.17, 15) is 0 Å². The van der Waals surface area contributed by atoms with Gasteiger partial charge in [-0.15, -0.1) is 0 Å². The second-order valence-electron chi connectivity index (χ2n) is 8.57. The zero-order valence-corrected chi connectivity index (χ0v) is 17.2. The fourth-order valence-electron chi connectivity index (χ4n) is 3.33. The number of rotatable bonds is 18. The summed E-state index contributed by atoms with van der Waals surface area (Å²) in [6, 6.07) is 0. The van der Waals surface area contributed by atoms with Crippen LogP contribution in [0, 0.1) is 5.41 Å². The molecule has 0 heteroatoms. The topological polar surface area (TPSA) is 0 Å². The van der Waals surface area contributed by atoms with Crippen LogP contribution in [0.15, 0.2) is 0 Å². The highest BCUT2D eigenvalue weighted by Crippen LogP contribution is 2.27. The van der Waals surface area contributed by atoms with E-state index in [0.717, 1.165) is 0 Å². The summed E-state index contributed by atoms with van der Waals surface area (Å²) in [4.78, 5) is 0. The van der Waals surface area contributed by atoms with Crippen LogP contribution in [0.2, 0.25) is 0 Å². The normalized spacial score (nSPS) is 12.0. The fourth-order valence-corrected chi connectivity index (χ4v) is 3.33. The van der Waals surface area contributed by atoms with Gasteiger partial charge in [-0.05, 0) is 11.8 Å². The highest BCUT2D eigenvalue weighted by atomic mass is 14.2. The van der Waals surface area contributed by atoms with Crippen LogP contribution >= 0.6 is 0 Å². The summed E-state index contributed by atoms with van der Waals surface area (Å²) in [5.41, 5.74) is 0.579. The molecular weight excluding hydrogens is 276 g/mol. The molecule has 0 saturated carbocycles. The molecule has 0 aliphatic rings. The van der Waals surface area contributed by atoms with E-state index in [-0.39, 0.29) is 0 Å². The van der Waals surface area contributed by atoms with Crippen molar-refractivity contribution in [1.82, 2.24) is 0 Å². The Balaban J connectivity index is 3.05. The van der Waals surface area contributed by atoms with Crippen LogP contribution in [0.3, 0.4) is 0 Å². The number of hydrogen-bond donors (Lipinski definition) is 0. The first-order valence-corrected chi connectivity index (χ1v) is 11.1. The van der Waals surface area contributed by atoms with Crippen molar-refractivity contribution in [3.8, 4) is 0 Å². The van der Waals surface area contributed by atoms with Gasteiger partial charge in [-0.2, -0.15) is 0 Å². The molecule has 0 aromatic heterocycles. The maximum Gasteiger partial charge on any atom is -0.0357 e. The molecule has 0 amide bonds. The first-order valence-electron chi connectivity index (χ1n) is 11.1. The van der Waals surface area contributed by atoms with Crippen molar-refractivity contribution < 1.29 is 0 Å². The largest absolute Gasteiger partial charge is 0.0654 e. The van der Waals surface area contributed by atoms with Gasteiger partial charge in [-0.3, -0.25) is 0 Å². The van der Waals surface area contributed by atoms with E-state index in [1.165, 1.54) is 116 Å². The molecule has 0 aliphatic carbocycles. The maximum atomic E-state index is 2.41. The van der Waals surface area contributed by atoms with Gasteiger partial charge >= 0.3 is 0 Å². The van der Waals surface area contributed by atoms with Gasteiger partial charge in [0, 0.05) is 0 Å². The van der Waals surface area contributed by atoms with Gasteiger partial charge in [0.25, 0.3) is 0 Å². The van der Waals surface area contributed by atoms with Crippen molar-refractivity contribution in [3.05, 3.63) is 0 Å². The molecule has 0 aromatic carbocycles.